The van der Waals surface area contributed by atoms with Crippen LogP contribution in [-0.2, 0) is 0 Å². The van der Waals surface area contributed by atoms with Crippen LogP contribution < -0.4 is 10.6 Å². The van der Waals surface area contributed by atoms with Crippen molar-refractivity contribution in [3.8, 4) is 0 Å². The molecule has 0 spiro atoms. The van der Waals surface area contributed by atoms with E-state index >= 15 is 0 Å². The Morgan fingerprint density at radius 1 is 1.60 bits per heavy atom. The lowest BCUT2D eigenvalue weighted by Crippen LogP contribution is -2.24. The van der Waals surface area contributed by atoms with Crippen molar-refractivity contribution in [2.24, 2.45) is 0 Å². The maximum absolute atomic E-state index is 6.23. The van der Waals surface area contributed by atoms with Crippen LogP contribution in [0.2, 0.25) is 5.02 Å². The Kier molecular flexibility index (Phi) is 3.17. The smallest absolute Gasteiger partial charge is 0.0462 e. The molecule has 2 nitrogen and oxygen atoms in total. The number of rotatable bonds is 3. The minimum atomic E-state index is 0.527. The van der Waals surface area contributed by atoms with E-state index in [1.54, 1.807) is 0 Å². The molecule has 1 aliphatic rings. The molecule has 0 fully saturated rings. The summed E-state index contributed by atoms with van der Waals surface area (Å²) in [5.41, 5.74) is 2.50. The summed E-state index contributed by atoms with van der Waals surface area (Å²) in [4.78, 5) is 0. The summed E-state index contributed by atoms with van der Waals surface area (Å²) in [5.74, 6) is 0.538. The highest BCUT2D eigenvalue weighted by molar-refractivity contribution is 6.31. The maximum atomic E-state index is 6.23. The van der Waals surface area contributed by atoms with Gasteiger partial charge >= 0.3 is 0 Å². The highest BCUT2D eigenvalue weighted by Crippen LogP contribution is 2.38. The van der Waals surface area contributed by atoms with Crippen LogP contribution in [0.3, 0.4) is 0 Å². The first kappa shape index (κ1) is 10.8. The Morgan fingerprint density at radius 3 is 3.13 bits per heavy atom. The number of fused-ring (bicyclic) bond motifs is 1. The van der Waals surface area contributed by atoms with Crippen molar-refractivity contribution in [2.45, 2.75) is 25.3 Å². The second-order valence-corrected chi connectivity index (χ2v) is 4.61. The monoisotopic (exact) mass is 224 g/mol. The SMILES string of the molecule is CNC(C)CC1CNc2cccc(Cl)c21. The third-order valence-corrected chi connectivity index (χ3v) is 3.46. The molecule has 3 heteroatoms. The van der Waals surface area contributed by atoms with Gasteiger partial charge in [-0.15, -0.1) is 0 Å². The molecule has 1 aromatic carbocycles. The Labute approximate surface area is 96.0 Å². The summed E-state index contributed by atoms with van der Waals surface area (Å²) in [6.45, 7) is 3.21. The second-order valence-electron chi connectivity index (χ2n) is 4.20. The molecule has 2 unspecified atom stereocenters. The molecule has 0 bridgehead atoms. The van der Waals surface area contributed by atoms with Gasteiger partial charge in [-0.1, -0.05) is 17.7 Å². The molecule has 0 aliphatic carbocycles. The second kappa shape index (κ2) is 4.42. The number of anilines is 1. The predicted octanol–water partition coefficient (Wildman–Crippen LogP) is 2.85. The summed E-state index contributed by atoms with van der Waals surface area (Å²) in [5, 5.41) is 7.57. The lowest BCUT2D eigenvalue weighted by molar-refractivity contribution is 0.515. The van der Waals surface area contributed by atoms with Crippen LogP contribution in [0.1, 0.15) is 24.8 Å². The first-order valence-corrected chi connectivity index (χ1v) is 5.79. The number of nitrogens with one attached hydrogen (secondary N) is 2. The Balaban J connectivity index is 2.20. The standard InChI is InChI=1S/C12H17ClN2/c1-8(14-2)6-9-7-15-11-5-3-4-10(13)12(9)11/h3-5,8-9,14-15H,6-7H2,1-2H3. The van der Waals surface area contributed by atoms with Crippen molar-refractivity contribution < 1.29 is 0 Å². The fourth-order valence-electron chi connectivity index (χ4n) is 2.19. The van der Waals surface area contributed by atoms with Gasteiger partial charge in [-0.2, -0.15) is 0 Å². The largest absolute Gasteiger partial charge is 0.384 e. The van der Waals surface area contributed by atoms with E-state index in [9.17, 15) is 0 Å². The Morgan fingerprint density at radius 2 is 2.40 bits per heavy atom. The third kappa shape index (κ3) is 2.11. The minimum absolute atomic E-state index is 0.527. The number of benzene rings is 1. The van der Waals surface area contributed by atoms with Crippen molar-refractivity contribution in [3.05, 3.63) is 28.8 Å². The molecule has 2 rings (SSSR count). The highest BCUT2D eigenvalue weighted by atomic mass is 35.5. The number of hydrogen-bond acceptors (Lipinski definition) is 2. The van der Waals surface area contributed by atoms with E-state index in [2.05, 4.69) is 23.6 Å². The lowest BCUT2D eigenvalue weighted by atomic mass is 9.94. The van der Waals surface area contributed by atoms with Crippen LogP contribution in [-0.4, -0.2) is 19.6 Å². The maximum Gasteiger partial charge on any atom is 0.0462 e. The molecular weight excluding hydrogens is 208 g/mol. The lowest BCUT2D eigenvalue weighted by Gasteiger charge is -2.16. The van der Waals surface area contributed by atoms with E-state index in [1.165, 1.54) is 11.3 Å². The Hall–Kier alpha value is -0.730. The van der Waals surface area contributed by atoms with Crippen molar-refractivity contribution in [1.82, 2.24) is 5.32 Å². The molecular formula is C12H17ClN2. The van der Waals surface area contributed by atoms with Gasteiger partial charge in [-0.25, -0.2) is 0 Å². The number of halogens is 1. The first-order valence-electron chi connectivity index (χ1n) is 5.42. The average molecular weight is 225 g/mol. The van der Waals surface area contributed by atoms with E-state index in [0.717, 1.165) is 18.0 Å². The van der Waals surface area contributed by atoms with Crippen LogP contribution in [0.4, 0.5) is 5.69 Å². The summed E-state index contributed by atoms with van der Waals surface area (Å²) < 4.78 is 0. The summed E-state index contributed by atoms with van der Waals surface area (Å²) in [7, 11) is 2.00. The molecule has 0 aromatic heterocycles. The van der Waals surface area contributed by atoms with Gasteiger partial charge in [-0.3, -0.25) is 0 Å². The normalized spacial score (nSPS) is 20.9. The molecule has 0 saturated heterocycles. The van der Waals surface area contributed by atoms with Crippen LogP contribution in [0, 0.1) is 0 Å². The van der Waals surface area contributed by atoms with Crippen molar-refractivity contribution in [1.29, 1.82) is 0 Å². The van der Waals surface area contributed by atoms with Gasteiger partial charge in [0.2, 0.25) is 0 Å². The highest BCUT2D eigenvalue weighted by Gasteiger charge is 2.25. The molecule has 1 aromatic rings. The van der Waals surface area contributed by atoms with E-state index in [1.807, 2.05) is 19.2 Å². The minimum Gasteiger partial charge on any atom is -0.384 e. The Bertz CT molecular complexity index is 351. The van der Waals surface area contributed by atoms with Gasteiger partial charge < -0.3 is 10.6 Å². The summed E-state index contributed by atoms with van der Waals surface area (Å²) in [6.07, 6.45) is 1.13. The van der Waals surface area contributed by atoms with E-state index in [4.69, 9.17) is 11.6 Å². The van der Waals surface area contributed by atoms with E-state index < -0.39 is 0 Å². The van der Waals surface area contributed by atoms with Gasteiger partial charge in [0, 0.05) is 29.2 Å². The molecule has 1 heterocycles. The molecule has 0 saturated carbocycles. The zero-order valence-corrected chi connectivity index (χ0v) is 9.93. The van der Waals surface area contributed by atoms with Gasteiger partial charge in [-0.05, 0) is 38.1 Å². The van der Waals surface area contributed by atoms with Crippen LogP contribution in [0.15, 0.2) is 18.2 Å². The number of hydrogen-bond donors (Lipinski definition) is 2. The fourth-order valence-corrected chi connectivity index (χ4v) is 2.52. The van der Waals surface area contributed by atoms with Gasteiger partial charge in [0.25, 0.3) is 0 Å². The van der Waals surface area contributed by atoms with Gasteiger partial charge in [0.15, 0.2) is 0 Å². The summed E-state index contributed by atoms with van der Waals surface area (Å²) in [6, 6.07) is 6.60. The first-order chi connectivity index (χ1) is 7.22. The third-order valence-electron chi connectivity index (χ3n) is 3.13. The molecule has 82 valence electrons. The fraction of sp³-hybridized carbons (Fsp3) is 0.500. The van der Waals surface area contributed by atoms with Crippen LogP contribution in [0.5, 0.6) is 0 Å². The zero-order valence-electron chi connectivity index (χ0n) is 9.18. The van der Waals surface area contributed by atoms with Gasteiger partial charge in [0.05, 0.1) is 0 Å². The van der Waals surface area contributed by atoms with Crippen molar-refractivity contribution in [3.63, 3.8) is 0 Å². The van der Waals surface area contributed by atoms with Crippen molar-refractivity contribution >= 4 is 17.3 Å². The predicted molar refractivity (Wildman–Crippen MR) is 65.8 cm³/mol. The average Bonchev–Trinajstić information content (AvgIpc) is 2.63. The molecule has 15 heavy (non-hydrogen) atoms. The molecule has 0 amide bonds. The molecule has 0 radical (unpaired) electrons. The van der Waals surface area contributed by atoms with E-state index in [0.29, 0.717) is 12.0 Å². The molecule has 2 N–H and O–H groups in total. The van der Waals surface area contributed by atoms with Crippen LogP contribution >= 0.6 is 11.6 Å². The van der Waals surface area contributed by atoms with Gasteiger partial charge in [0.1, 0.15) is 0 Å². The topological polar surface area (TPSA) is 24.1 Å². The van der Waals surface area contributed by atoms with Crippen LogP contribution in [0.25, 0.3) is 0 Å². The van der Waals surface area contributed by atoms with Crippen molar-refractivity contribution in [2.75, 3.05) is 18.9 Å². The quantitative estimate of drug-likeness (QED) is 0.825. The van der Waals surface area contributed by atoms with E-state index in [-0.39, 0.29) is 0 Å². The molecule has 2 atom stereocenters. The summed E-state index contributed by atoms with van der Waals surface area (Å²) >= 11 is 6.23. The molecule has 1 aliphatic heterocycles. The zero-order chi connectivity index (χ0) is 10.8.